The summed E-state index contributed by atoms with van der Waals surface area (Å²) in [6, 6.07) is 7.63. The number of hydrogen-bond acceptors (Lipinski definition) is 4. The molecule has 1 heterocycles. The Hall–Kier alpha value is -1.46. The topological polar surface area (TPSA) is 55.1 Å². The van der Waals surface area contributed by atoms with Crippen LogP contribution >= 0.6 is 23.4 Å². The summed E-state index contributed by atoms with van der Waals surface area (Å²) in [5.74, 6) is 1.67. The van der Waals surface area contributed by atoms with E-state index in [4.69, 9.17) is 16.0 Å². The third kappa shape index (κ3) is 4.05. The molecule has 0 saturated heterocycles. The summed E-state index contributed by atoms with van der Waals surface area (Å²) in [4.78, 5) is 16.1. The van der Waals surface area contributed by atoms with Gasteiger partial charge in [-0.25, -0.2) is 4.98 Å². The summed E-state index contributed by atoms with van der Waals surface area (Å²) in [5, 5.41) is 4.19. The molecule has 22 heavy (non-hydrogen) atoms. The fourth-order valence-corrected chi connectivity index (χ4v) is 2.95. The van der Waals surface area contributed by atoms with Gasteiger partial charge in [0, 0.05) is 16.6 Å². The smallest absolute Gasteiger partial charge is 0.256 e. The predicted octanol–water partition coefficient (Wildman–Crippen LogP) is 4.00. The lowest BCUT2D eigenvalue weighted by atomic mass is 10.2. The number of carbonyl (C=O) groups is 1. The molecule has 1 aliphatic rings. The molecule has 1 aromatic heterocycles. The lowest BCUT2D eigenvalue weighted by molar-refractivity contribution is -0.119. The van der Waals surface area contributed by atoms with Crippen molar-refractivity contribution in [2.75, 3.05) is 5.75 Å². The summed E-state index contributed by atoms with van der Waals surface area (Å²) in [6.45, 7) is 2.06. The van der Waals surface area contributed by atoms with Crippen molar-refractivity contribution in [3.63, 3.8) is 0 Å². The number of hydrogen-bond donors (Lipinski definition) is 1. The number of nitrogens with zero attached hydrogens (tertiary/aromatic N) is 1. The summed E-state index contributed by atoms with van der Waals surface area (Å²) < 4.78 is 5.65. The van der Waals surface area contributed by atoms with Crippen LogP contribution < -0.4 is 5.32 Å². The number of halogens is 1. The van der Waals surface area contributed by atoms with E-state index in [1.54, 1.807) is 18.3 Å². The molecule has 1 fully saturated rings. The first-order valence-electron chi connectivity index (χ1n) is 7.26. The molecular weight excluding hydrogens is 320 g/mol. The van der Waals surface area contributed by atoms with Crippen molar-refractivity contribution in [2.45, 2.75) is 31.0 Å². The zero-order valence-electron chi connectivity index (χ0n) is 12.2. The molecule has 0 aliphatic heterocycles. The Bertz CT molecular complexity index is 652. The Kier molecular flexibility index (Phi) is 4.74. The SMILES string of the molecule is C[C@H](NC(=O)CSc1ncc(-c2ccc(Cl)cc2)o1)C1CC1. The average molecular weight is 337 g/mol. The van der Waals surface area contributed by atoms with Crippen molar-refractivity contribution in [3.8, 4) is 11.3 Å². The molecule has 4 nitrogen and oxygen atoms in total. The molecule has 2 aromatic rings. The average Bonchev–Trinajstić information content (AvgIpc) is 3.25. The molecule has 1 atom stereocenters. The minimum absolute atomic E-state index is 0.0237. The van der Waals surface area contributed by atoms with Crippen molar-refractivity contribution in [1.82, 2.24) is 10.3 Å². The largest absolute Gasteiger partial charge is 0.431 e. The summed E-state index contributed by atoms with van der Waals surface area (Å²) in [5.41, 5.74) is 0.913. The Balaban J connectivity index is 1.53. The van der Waals surface area contributed by atoms with Crippen LogP contribution in [0.25, 0.3) is 11.3 Å². The Morgan fingerprint density at radius 3 is 2.86 bits per heavy atom. The van der Waals surface area contributed by atoms with Crippen molar-refractivity contribution >= 4 is 29.3 Å². The van der Waals surface area contributed by atoms with Gasteiger partial charge in [-0.1, -0.05) is 23.4 Å². The number of oxazole rings is 1. The maximum absolute atomic E-state index is 11.9. The fraction of sp³-hybridized carbons (Fsp3) is 0.375. The van der Waals surface area contributed by atoms with E-state index in [9.17, 15) is 4.79 Å². The van der Waals surface area contributed by atoms with Gasteiger partial charge in [-0.3, -0.25) is 4.79 Å². The van der Waals surface area contributed by atoms with E-state index in [-0.39, 0.29) is 11.9 Å². The van der Waals surface area contributed by atoms with Gasteiger partial charge < -0.3 is 9.73 Å². The first kappa shape index (κ1) is 15.4. The van der Waals surface area contributed by atoms with Crippen LogP contribution in [-0.4, -0.2) is 22.7 Å². The van der Waals surface area contributed by atoms with Crippen LogP contribution in [0, 0.1) is 5.92 Å². The van der Waals surface area contributed by atoms with E-state index >= 15 is 0 Å². The standard InChI is InChI=1S/C16H17ClN2O2S/c1-10(11-2-3-11)19-15(20)9-22-16-18-8-14(21-16)12-4-6-13(17)7-5-12/h4-8,10-11H,2-3,9H2,1H3,(H,19,20)/t10-/m0/s1. The number of carbonyl (C=O) groups excluding carboxylic acids is 1. The van der Waals surface area contributed by atoms with Gasteiger partial charge in [0.15, 0.2) is 5.76 Å². The van der Waals surface area contributed by atoms with Gasteiger partial charge in [0.2, 0.25) is 5.91 Å². The van der Waals surface area contributed by atoms with Crippen LogP contribution in [0.1, 0.15) is 19.8 Å². The van der Waals surface area contributed by atoms with Crippen LogP contribution in [0.2, 0.25) is 5.02 Å². The van der Waals surface area contributed by atoms with Gasteiger partial charge in [0.25, 0.3) is 5.22 Å². The molecule has 116 valence electrons. The first-order valence-corrected chi connectivity index (χ1v) is 8.62. The number of rotatable bonds is 6. The number of benzene rings is 1. The first-order chi connectivity index (χ1) is 10.6. The Morgan fingerprint density at radius 1 is 1.45 bits per heavy atom. The summed E-state index contributed by atoms with van der Waals surface area (Å²) in [7, 11) is 0. The molecule has 1 saturated carbocycles. The van der Waals surface area contributed by atoms with Crippen molar-refractivity contribution in [2.24, 2.45) is 5.92 Å². The molecule has 1 amide bonds. The maximum atomic E-state index is 11.9. The van der Waals surface area contributed by atoms with Crippen molar-refractivity contribution in [1.29, 1.82) is 0 Å². The number of aromatic nitrogens is 1. The highest BCUT2D eigenvalue weighted by molar-refractivity contribution is 7.99. The molecule has 0 spiro atoms. The van der Waals surface area contributed by atoms with Crippen LogP contribution in [-0.2, 0) is 4.79 Å². The van der Waals surface area contributed by atoms with Crippen LogP contribution in [0.3, 0.4) is 0 Å². The normalized spacial score (nSPS) is 15.5. The molecule has 1 aliphatic carbocycles. The van der Waals surface area contributed by atoms with Gasteiger partial charge in [-0.05, 0) is 49.9 Å². The number of amides is 1. The van der Waals surface area contributed by atoms with Gasteiger partial charge in [-0.2, -0.15) is 0 Å². The minimum atomic E-state index is 0.0237. The van der Waals surface area contributed by atoms with Crippen molar-refractivity contribution in [3.05, 3.63) is 35.5 Å². The van der Waals surface area contributed by atoms with Gasteiger partial charge in [0.05, 0.1) is 11.9 Å². The second-order valence-corrected chi connectivity index (χ2v) is 6.84. The van der Waals surface area contributed by atoms with E-state index in [0.717, 1.165) is 5.56 Å². The second-order valence-electron chi connectivity index (χ2n) is 5.48. The van der Waals surface area contributed by atoms with Crippen molar-refractivity contribution < 1.29 is 9.21 Å². The zero-order valence-corrected chi connectivity index (χ0v) is 13.8. The predicted molar refractivity (Wildman–Crippen MR) is 88.0 cm³/mol. The third-order valence-electron chi connectivity index (χ3n) is 3.66. The van der Waals surface area contributed by atoms with Crippen LogP contribution in [0.5, 0.6) is 0 Å². The van der Waals surface area contributed by atoms with E-state index < -0.39 is 0 Å². The van der Waals surface area contributed by atoms with Crippen LogP contribution in [0.4, 0.5) is 0 Å². The molecule has 3 rings (SSSR count). The van der Waals surface area contributed by atoms with Gasteiger partial charge >= 0.3 is 0 Å². The maximum Gasteiger partial charge on any atom is 0.256 e. The summed E-state index contributed by atoms with van der Waals surface area (Å²) >= 11 is 7.17. The van der Waals surface area contributed by atoms with E-state index in [1.165, 1.54) is 24.6 Å². The van der Waals surface area contributed by atoms with E-state index in [2.05, 4.69) is 17.2 Å². The molecule has 0 bridgehead atoms. The van der Waals surface area contributed by atoms with E-state index in [0.29, 0.717) is 27.7 Å². The zero-order chi connectivity index (χ0) is 15.5. The Labute approximate surface area is 138 Å². The molecule has 1 aromatic carbocycles. The molecule has 1 N–H and O–H groups in total. The molecule has 0 unspecified atom stereocenters. The Morgan fingerprint density at radius 2 is 2.18 bits per heavy atom. The summed E-state index contributed by atoms with van der Waals surface area (Å²) in [6.07, 6.45) is 4.11. The minimum Gasteiger partial charge on any atom is -0.431 e. The monoisotopic (exact) mass is 336 g/mol. The molecular formula is C16H17ClN2O2S. The highest BCUT2D eigenvalue weighted by atomic mass is 35.5. The van der Waals surface area contributed by atoms with Gasteiger partial charge in [-0.15, -0.1) is 0 Å². The quantitative estimate of drug-likeness (QED) is 0.810. The highest BCUT2D eigenvalue weighted by Crippen LogP contribution is 2.32. The fourth-order valence-electron chi connectivity index (χ4n) is 2.21. The lowest BCUT2D eigenvalue weighted by Gasteiger charge is -2.11. The lowest BCUT2D eigenvalue weighted by Crippen LogP contribution is -2.35. The van der Waals surface area contributed by atoms with E-state index in [1.807, 2.05) is 12.1 Å². The number of nitrogens with one attached hydrogen (secondary N) is 1. The van der Waals surface area contributed by atoms with Gasteiger partial charge in [0.1, 0.15) is 0 Å². The molecule has 6 heteroatoms. The molecule has 0 radical (unpaired) electrons. The number of thioether (sulfide) groups is 1. The highest BCUT2D eigenvalue weighted by Gasteiger charge is 2.28. The second kappa shape index (κ2) is 6.75. The third-order valence-corrected chi connectivity index (χ3v) is 4.75. The van der Waals surface area contributed by atoms with Crippen LogP contribution in [0.15, 0.2) is 40.1 Å².